The maximum absolute atomic E-state index is 12.4. The van der Waals surface area contributed by atoms with Crippen LogP contribution in [0.3, 0.4) is 0 Å². The lowest BCUT2D eigenvalue weighted by molar-refractivity contribution is 0.0954. The fourth-order valence-corrected chi connectivity index (χ4v) is 3.66. The molecule has 1 aromatic carbocycles. The molecule has 0 fully saturated rings. The SMILES string of the molecule is CCCOc1ccc(C(=O)N/N=C\c2cc(C)n(-c3nccs3)c2C)cc1OC. The first-order chi connectivity index (χ1) is 14.0. The molecule has 29 heavy (non-hydrogen) atoms. The first-order valence-electron chi connectivity index (χ1n) is 9.28. The third-order valence-electron chi connectivity index (χ3n) is 4.34. The Bertz CT molecular complexity index is 1010. The molecule has 0 saturated heterocycles. The van der Waals surface area contributed by atoms with Gasteiger partial charge in [-0.2, -0.15) is 5.10 Å². The molecule has 8 heteroatoms. The molecule has 0 saturated carbocycles. The van der Waals surface area contributed by atoms with Gasteiger partial charge in [0, 0.05) is 34.1 Å². The maximum Gasteiger partial charge on any atom is 0.271 e. The number of hydrogen-bond acceptors (Lipinski definition) is 6. The van der Waals surface area contributed by atoms with Crippen LogP contribution in [0.25, 0.3) is 5.13 Å². The molecule has 2 aromatic heterocycles. The van der Waals surface area contributed by atoms with Crippen LogP contribution in [-0.4, -0.2) is 35.4 Å². The van der Waals surface area contributed by atoms with Gasteiger partial charge >= 0.3 is 0 Å². The summed E-state index contributed by atoms with van der Waals surface area (Å²) in [7, 11) is 1.55. The lowest BCUT2D eigenvalue weighted by atomic mass is 10.2. The molecule has 0 aliphatic rings. The summed E-state index contributed by atoms with van der Waals surface area (Å²) in [4.78, 5) is 16.8. The van der Waals surface area contributed by atoms with Gasteiger partial charge in [0.25, 0.3) is 5.91 Å². The van der Waals surface area contributed by atoms with Crippen LogP contribution in [0.4, 0.5) is 0 Å². The normalized spacial score (nSPS) is 11.0. The number of thiazole rings is 1. The van der Waals surface area contributed by atoms with Gasteiger partial charge < -0.3 is 9.47 Å². The zero-order valence-electron chi connectivity index (χ0n) is 16.9. The number of nitrogens with one attached hydrogen (secondary N) is 1. The Morgan fingerprint density at radius 1 is 1.31 bits per heavy atom. The fourth-order valence-electron chi connectivity index (χ4n) is 2.90. The molecule has 0 unspecified atom stereocenters. The molecule has 1 amide bonds. The van der Waals surface area contributed by atoms with E-state index in [-0.39, 0.29) is 5.91 Å². The number of aryl methyl sites for hydroxylation is 1. The van der Waals surface area contributed by atoms with E-state index in [1.807, 2.05) is 32.2 Å². The van der Waals surface area contributed by atoms with E-state index in [0.717, 1.165) is 28.5 Å². The van der Waals surface area contributed by atoms with Gasteiger partial charge in [0.05, 0.1) is 19.9 Å². The van der Waals surface area contributed by atoms with Crippen LogP contribution in [0.1, 0.15) is 40.7 Å². The van der Waals surface area contributed by atoms with Crippen LogP contribution in [0.2, 0.25) is 0 Å². The van der Waals surface area contributed by atoms with E-state index in [4.69, 9.17) is 9.47 Å². The summed E-state index contributed by atoms with van der Waals surface area (Å²) in [5.74, 6) is 0.807. The average molecular weight is 413 g/mol. The van der Waals surface area contributed by atoms with Gasteiger partial charge in [-0.1, -0.05) is 6.92 Å². The van der Waals surface area contributed by atoms with E-state index in [9.17, 15) is 4.79 Å². The van der Waals surface area contributed by atoms with E-state index in [0.29, 0.717) is 23.7 Å². The molecule has 0 radical (unpaired) electrons. The number of carbonyl (C=O) groups excluding carboxylic acids is 1. The summed E-state index contributed by atoms with van der Waals surface area (Å²) in [6.45, 7) is 6.63. The summed E-state index contributed by atoms with van der Waals surface area (Å²) < 4.78 is 13.0. The van der Waals surface area contributed by atoms with Crippen molar-refractivity contribution in [3.05, 3.63) is 58.4 Å². The first-order valence-corrected chi connectivity index (χ1v) is 10.2. The minimum Gasteiger partial charge on any atom is -0.493 e. The number of aromatic nitrogens is 2. The Morgan fingerprint density at radius 3 is 2.83 bits per heavy atom. The second kappa shape index (κ2) is 9.38. The summed E-state index contributed by atoms with van der Waals surface area (Å²) in [6, 6.07) is 7.07. The van der Waals surface area contributed by atoms with Crippen molar-refractivity contribution in [3.63, 3.8) is 0 Å². The third-order valence-corrected chi connectivity index (χ3v) is 5.09. The number of amides is 1. The average Bonchev–Trinajstić information content (AvgIpc) is 3.34. The Labute approximate surface area is 174 Å². The van der Waals surface area contributed by atoms with Crippen molar-refractivity contribution >= 4 is 23.5 Å². The quantitative estimate of drug-likeness (QED) is 0.446. The Morgan fingerprint density at radius 2 is 2.14 bits per heavy atom. The predicted molar refractivity (Wildman–Crippen MR) is 115 cm³/mol. The molecule has 3 rings (SSSR count). The Balaban J connectivity index is 1.71. The van der Waals surface area contributed by atoms with Crippen LogP contribution < -0.4 is 14.9 Å². The van der Waals surface area contributed by atoms with Gasteiger partial charge in [-0.25, -0.2) is 10.4 Å². The highest BCUT2D eigenvalue weighted by Gasteiger charge is 2.12. The third kappa shape index (κ3) is 4.65. The molecule has 0 aliphatic carbocycles. The molecule has 2 heterocycles. The zero-order valence-corrected chi connectivity index (χ0v) is 17.7. The number of hydrazone groups is 1. The monoisotopic (exact) mass is 412 g/mol. The molecular formula is C21H24N4O3S. The predicted octanol–water partition coefficient (Wildman–Crippen LogP) is 4.11. The van der Waals surface area contributed by atoms with Crippen molar-refractivity contribution in [3.8, 4) is 16.6 Å². The number of nitrogens with zero attached hydrogens (tertiary/aromatic N) is 3. The van der Waals surface area contributed by atoms with Crippen molar-refractivity contribution in [1.82, 2.24) is 15.0 Å². The van der Waals surface area contributed by atoms with E-state index in [1.54, 1.807) is 49.1 Å². The van der Waals surface area contributed by atoms with E-state index in [1.165, 1.54) is 0 Å². The van der Waals surface area contributed by atoms with Gasteiger partial charge in [0.1, 0.15) is 0 Å². The van der Waals surface area contributed by atoms with Crippen LogP contribution in [0, 0.1) is 13.8 Å². The highest BCUT2D eigenvalue weighted by Crippen LogP contribution is 2.28. The number of methoxy groups -OCH3 is 1. The number of rotatable bonds is 8. The Kier molecular flexibility index (Phi) is 6.66. The zero-order chi connectivity index (χ0) is 20.8. The highest BCUT2D eigenvalue weighted by molar-refractivity contribution is 7.12. The van der Waals surface area contributed by atoms with E-state index < -0.39 is 0 Å². The Hall–Kier alpha value is -3.13. The van der Waals surface area contributed by atoms with Crippen molar-refractivity contribution in [2.45, 2.75) is 27.2 Å². The lowest BCUT2D eigenvalue weighted by Gasteiger charge is -2.11. The van der Waals surface area contributed by atoms with Crippen molar-refractivity contribution in [1.29, 1.82) is 0 Å². The van der Waals surface area contributed by atoms with Crippen molar-refractivity contribution in [2.75, 3.05) is 13.7 Å². The summed E-state index contributed by atoms with van der Waals surface area (Å²) in [5, 5.41) is 6.96. The molecule has 152 valence electrons. The number of hydrogen-bond donors (Lipinski definition) is 1. The molecule has 0 bridgehead atoms. The van der Waals surface area contributed by atoms with Gasteiger partial charge in [0.15, 0.2) is 16.6 Å². The number of carbonyl (C=O) groups is 1. The van der Waals surface area contributed by atoms with Crippen molar-refractivity contribution < 1.29 is 14.3 Å². The van der Waals surface area contributed by atoms with E-state index in [2.05, 4.69) is 20.1 Å². The fraction of sp³-hybridized carbons (Fsp3) is 0.286. The second-order valence-electron chi connectivity index (χ2n) is 6.39. The molecule has 0 spiro atoms. The largest absolute Gasteiger partial charge is 0.493 e. The second-order valence-corrected chi connectivity index (χ2v) is 7.26. The first kappa shape index (κ1) is 20.6. The molecule has 0 atom stereocenters. The van der Waals surface area contributed by atoms with Crippen molar-refractivity contribution in [2.24, 2.45) is 5.10 Å². The molecule has 7 nitrogen and oxygen atoms in total. The van der Waals surface area contributed by atoms with Crippen LogP contribution in [-0.2, 0) is 0 Å². The molecular weight excluding hydrogens is 388 g/mol. The topological polar surface area (TPSA) is 77.7 Å². The number of ether oxygens (including phenoxy) is 2. The minimum atomic E-state index is -0.324. The minimum absolute atomic E-state index is 0.324. The maximum atomic E-state index is 12.4. The van der Waals surface area contributed by atoms with Gasteiger partial charge in [-0.05, 0) is 44.5 Å². The molecule has 0 aliphatic heterocycles. The lowest BCUT2D eigenvalue weighted by Crippen LogP contribution is -2.17. The number of benzene rings is 1. The van der Waals surface area contributed by atoms with Crippen LogP contribution >= 0.6 is 11.3 Å². The summed E-state index contributed by atoms with van der Waals surface area (Å²) >= 11 is 1.57. The van der Waals surface area contributed by atoms with E-state index >= 15 is 0 Å². The van der Waals surface area contributed by atoms with Gasteiger partial charge in [-0.3, -0.25) is 9.36 Å². The van der Waals surface area contributed by atoms with Gasteiger partial charge in [0.2, 0.25) is 0 Å². The summed E-state index contributed by atoms with van der Waals surface area (Å²) in [5.41, 5.74) is 5.98. The van der Waals surface area contributed by atoms with Gasteiger partial charge in [-0.15, -0.1) is 11.3 Å². The highest BCUT2D eigenvalue weighted by atomic mass is 32.1. The summed E-state index contributed by atoms with van der Waals surface area (Å²) in [6.07, 6.45) is 4.31. The molecule has 1 N–H and O–H groups in total. The van der Waals surface area contributed by atoms with Crippen LogP contribution in [0.5, 0.6) is 11.5 Å². The van der Waals surface area contributed by atoms with Crippen LogP contribution in [0.15, 0.2) is 40.9 Å². The molecule has 3 aromatic rings. The standard InChI is InChI=1S/C21H24N4O3S/c1-5-9-28-18-7-6-16(12-19(18)27-4)20(26)24-23-13-17-11-14(2)25(15(17)3)21-22-8-10-29-21/h6-8,10-13H,5,9H2,1-4H3,(H,24,26)/b23-13-. The smallest absolute Gasteiger partial charge is 0.271 e.